The van der Waals surface area contributed by atoms with Crippen molar-refractivity contribution in [3.63, 3.8) is 0 Å². The first-order valence-electron chi connectivity index (χ1n) is 4.12. The van der Waals surface area contributed by atoms with Crippen molar-refractivity contribution in [3.8, 4) is 11.8 Å². The van der Waals surface area contributed by atoms with E-state index in [0.29, 0.717) is 5.56 Å². The maximum Gasteiger partial charge on any atom is 0.422 e. The van der Waals surface area contributed by atoms with Crippen molar-refractivity contribution in [2.45, 2.75) is 13.1 Å². The van der Waals surface area contributed by atoms with Crippen LogP contribution in [0.4, 0.5) is 13.2 Å². The minimum absolute atomic E-state index is 0.0892. The summed E-state index contributed by atoms with van der Waals surface area (Å²) in [6, 6.07) is 6.19. The van der Waals surface area contributed by atoms with Crippen molar-refractivity contribution >= 4 is 0 Å². The van der Waals surface area contributed by atoms with Gasteiger partial charge in [0.1, 0.15) is 5.75 Å². The molecule has 0 bridgehead atoms. The lowest BCUT2D eigenvalue weighted by atomic mass is 10.1. The Kier molecular flexibility index (Phi) is 3.20. The molecule has 0 aromatic heterocycles. The van der Waals surface area contributed by atoms with Crippen molar-refractivity contribution in [1.29, 1.82) is 5.26 Å². The quantitative estimate of drug-likeness (QED) is 0.759. The second kappa shape index (κ2) is 4.22. The van der Waals surface area contributed by atoms with Crippen LogP contribution in [0.5, 0.6) is 5.75 Å². The summed E-state index contributed by atoms with van der Waals surface area (Å²) in [5, 5.41) is 8.55. The lowest BCUT2D eigenvalue weighted by Crippen LogP contribution is -2.19. The van der Waals surface area contributed by atoms with Gasteiger partial charge in [-0.2, -0.15) is 18.4 Å². The SMILES string of the molecule is Cc1ccc(C#N)cc1OCC(F)(F)F. The summed E-state index contributed by atoms with van der Waals surface area (Å²) < 4.78 is 40.2. The predicted molar refractivity (Wildman–Crippen MR) is 47.4 cm³/mol. The molecule has 2 nitrogen and oxygen atoms in total. The van der Waals surface area contributed by atoms with Crippen molar-refractivity contribution in [2.75, 3.05) is 6.61 Å². The Balaban J connectivity index is 2.81. The Morgan fingerprint density at radius 2 is 2.07 bits per heavy atom. The third-order valence-corrected chi connectivity index (χ3v) is 1.71. The number of benzene rings is 1. The number of rotatable bonds is 2. The van der Waals surface area contributed by atoms with Crippen LogP contribution in [0.25, 0.3) is 0 Å². The maximum absolute atomic E-state index is 11.9. The minimum Gasteiger partial charge on any atom is -0.484 e. The Morgan fingerprint density at radius 3 is 2.60 bits per heavy atom. The molecule has 0 saturated carbocycles. The van der Waals surface area contributed by atoms with Gasteiger partial charge < -0.3 is 4.74 Å². The lowest BCUT2D eigenvalue weighted by molar-refractivity contribution is -0.153. The lowest BCUT2D eigenvalue weighted by Gasteiger charge is -2.11. The van der Waals surface area contributed by atoms with Gasteiger partial charge in [0.05, 0.1) is 11.6 Å². The van der Waals surface area contributed by atoms with E-state index >= 15 is 0 Å². The Hall–Kier alpha value is -1.70. The summed E-state index contributed by atoms with van der Waals surface area (Å²) in [6.45, 7) is 0.273. The van der Waals surface area contributed by atoms with Gasteiger partial charge in [-0.05, 0) is 24.6 Å². The highest BCUT2D eigenvalue weighted by Gasteiger charge is 2.28. The minimum atomic E-state index is -4.37. The molecule has 0 atom stereocenters. The smallest absolute Gasteiger partial charge is 0.422 e. The van der Waals surface area contributed by atoms with Crippen LogP contribution in [0, 0.1) is 18.3 Å². The second-order valence-corrected chi connectivity index (χ2v) is 3.00. The average Bonchev–Trinajstić information content (AvgIpc) is 2.15. The second-order valence-electron chi connectivity index (χ2n) is 3.00. The monoisotopic (exact) mass is 215 g/mol. The van der Waals surface area contributed by atoms with Crippen LogP contribution in [0.15, 0.2) is 18.2 Å². The highest BCUT2D eigenvalue weighted by molar-refractivity contribution is 5.41. The molecule has 0 spiro atoms. The molecule has 80 valence electrons. The fraction of sp³-hybridized carbons (Fsp3) is 0.300. The van der Waals surface area contributed by atoms with Crippen LogP contribution in [0.3, 0.4) is 0 Å². The van der Waals surface area contributed by atoms with E-state index in [9.17, 15) is 13.2 Å². The van der Waals surface area contributed by atoms with E-state index in [2.05, 4.69) is 4.74 Å². The first-order valence-corrected chi connectivity index (χ1v) is 4.12. The number of nitriles is 1. The zero-order valence-corrected chi connectivity index (χ0v) is 7.93. The summed E-state index contributed by atoms with van der Waals surface area (Å²) in [6.07, 6.45) is -4.37. The van der Waals surface area contributed by atoms with E-state index < -0.39 is 12.8 Å². The van der Waals surface area contributed by atoms with Crippen LogP contribution >= 0.6 is 0 Å². The molecule has 0 heterocycles. The molecule has 1 aromatic rings. The zero-order valence-electron chi connectivity index (χ0n) is 7.93. The summed E-state index contributed by atoms with van der Waals surface area (Å²) in [5.41, 5.74) is 0.844. The van der Waals surface area contributed by atoms with Gasteiger partial charge in [-0.15, -0.1) is 0 Å². The van der Waals surface area contributed by atoms with Gasteiger partial charge in [0.2, 0.25) is 0 Å². The largest absolute Gasteiger partial charge is 0.484 e. The Bertz CT molecular complexity index is 393. The molecule has 0 amide bonds. The molecule has 0 aliphatic carbocycles. The fourth-order valence-corrected chi connectivity index (χ4v) is 0.985. The average molecular weight is 215 g/mol. The van der Waals surface area contributed by atoms with Gasteiger partial charge in [-0.25, -0.2) is 0 Å². The van der Waals surface area contributed by atoms with E-state index in [1.54, 1.807) is 13.0 Å². The van der Waals surface area contributed by atoms with Crippen LogP contribution in [-0.4, -0.2) is 12.8 Å². The highest BCUT2D eigenvalue weighted by atomic mass is 19.4. The molecular formula is C10H8F3NO. The summed E-state index contributed by atoms with van der Waals surface area (Å²) >= 11 is 0. The Morgan fingerprint density at radius 1 is 1.40 bits per heavy atom. The number of aryl methyl sites for hydroxylation is 1. The molecule has 0 aliphatic rings. The first kappa shape index (κ1) is 11.4. The van der Waals surface area contributed by atoms with Gasteiger partial charge in [-0.1, -0.05) is 6.07 Å². The van der Waals surface area contributed by atoms with Gasteiger partial charge in [-0.3, -0.25) is 0 Å². The fourth-order valence-electron chi connectivity index (χ4n) is 0.985. The standard InChI is InChI=1S/C10H8F3NO/c1-7-2-3-8(5-14)4-9(7)15-6-10(11,12)13/h2-4H,6H2,1H3. The zero-order chi connectivity index (χ0) is 11.5. The van der Waals surface area contributed by atoms with Crippen molar-refractivity contribution < 1.29 is 17.9 Å². The van der Waals surface area contributed by atoms with E-state index in [4.69, 9.17) is 5.26 Å². The molecule has 0 saturated heterocycles. The number of nitrogens with zero attached hydrogens (tertiary/aromatic N) is 1. The normalized spacial score (nSPS) is 10.9. The molecular weight excluding hydrogens is 207 g/mol. The number of hydrogen-bond acceptors (Lipinski definition) is 2. The molecule has 0 N–H and O–H groups in total. The molecule has 15 heavy (non-hydrogen) atoms. The number of ether oxygens (including phenoxy) is 1. The molecule has 5 heteroatoms. The molecule has 0 radical (unpaired) electrons. The van der Waals surface area contributed by atoms with Crippen LogP contribution in [0.2, 0.25) is 0 Å². The molecule has 0 fully saturated rings. The third-order valence-electron chi connectivity index (χ3n) is 1.71. The summed E-state index contributed by atoms with van der Waals surface area (Å²) in [7, 11) is 0. The molecule has 0 unspecified atom stereocenters. The van der Waals surface area contributed by atoms with Gasteiger partial charge >= 0.3 is 6.18 Å². The van der Waals surface area contributed by atoms with Crippen molar-refractivity contribution in [3.05, 3.63) is 29.3 Å². The third kappa shape index (κ3) is 3.50. The van der Waals surface area contributed by atoms with Gasteiger partial charge in [0.25, 0.3) is 0 Å². The predicted octanol–water partition coefficient (Wildman–Crippen LogP) is 2.81. The van der Waals surface area contributed by atoms with Gasteiger partial charge in [0, 0.05) is 0 Å². The Labute approximate surface area is 84.9 Å². The van der Waals surface area contributed by atoms with Crippen molar-refractivity contribution in [2.24, 2.45) is 0 Å². The van der Waals surface area contributed by atoms with Crippen molar-refractivity contribution in [1.82, 2.24) is 0 Å². The van der Waals surface area contributed by atoms with Gasteiger partial charge in [0.15, 0.2) is 6.61 Å². The molecule has 0 aliphatic heterocycles. The van der Waals surface area contributed by atoms with E-state index in [1.165, 1.54) is 12.1 Å². The van der Waals surface area contributed by atoms with E-state index in [-0.39, 0.29) is 11.3 Å². The van der Waals surface area contributed by atoms with Crippen LogP contribution in [-0.2, 0) is 0 Å². The number of alkyl halides is 3. The number of hydrogen-bond donors (Lipinski definition) is 0. The van der Waals surface area contributed by atoms with E-state index in [1.807, 2.05) is 6.07 Å². The number of halogens is 3. The topological polar surface area (TPSA) is 33.0 Å². The summed E-state index contributed by atoms with van der Waals surface area (Å²) in [5.74, 6) is 0.0892. The molecule has 1 aromatic carbocycles. The molecule has 1 rings (SSSR count). The van der Waals surface area contributed by atoms with Crippen LogP contribution < -0.4 is 4.74 Å². The van der Waals surface area contributed by atoms with Crippen LogP contribution in [0.1, 0.15) is 11.1 Å². The summed E-state index contributed by atoms with van der Waals surface area (Å²) in [4.78, 5) is 0. The maximum atomic E-state index is 11.9. The first-order chi connectivity index (χ1) is 6.92. The highest BCUT2D eigenvalue weighted by Crippen LogP contribution is 2.22. The van der Waals surface area contributed by atoms with E-state index in [0.717, 1.165) is 0 Å².